The van der Waals surface area contributed by atoms with E-state index in [1.165, 1.54) is 5.56 Å². The number of methoxy groups -OCH3 is 1. The van der Waals surface area contributed by atoms with Crippen LogP contribution in [0.1, 0.15) is 5.56 Å². The molecule has 0 spiro atoms. The van der Waals surface area contributed by atoms with Crippen LogP contribution in [-0.4, -0.2) is 12.1 Å². The predicted octanol–water partition coefficient (Wildman–Crippen LogP) is 3.86. The lowest BCUT2D eigenvalue weighted by molar-refractivity contribution is 0.415. The topological polar surface area (TPSA) is 34.1 Å². The average Bonchev–Trinajstić information content (AvgIpc) is 2.53. The van der Waals surface area contributed by atoms with Gasteiger partial charge in [0.25, 0.3) is 0 Å². The molecule has 0 atom stereocenters. The molecule has 1 aromatic heterocycles. The van der Waals surface area contributed by atoms with Gasteiger partial charge in [-0.15, -0.1) is 0 Å². The number of nitrogens with zero attached hydrogens (tertiary/aromatic N) is 1. The molecule has 3 rings (SSSR count). The summed E-state index contributed by atoms with van der Waals surface area (Å²) in [5.74, 6) is 1.69. The van der Waals surface area contributed by atoms with Gasteiger partial charge in [-0.1, -0.05) is 30.3 Å². The smallest absolute Gasteiger partial charge is 0.126 e. The van der Waals surface area contributed by atoms with Gasteiger partial charge in [0.1, 0.15) is 11.6 Å². The molecule has 1 heterocycles. The fourth-order valence-corrected chi connectivity index (χ4v) is 2.11. The molecule has 0 aliphatic carbocycles. The number of nitrogens with one attached hydrogen (secondary N) is 1. The lowest BCUT2D eigenvalue weighted by Gasteiger charge is -2.07. The summed E-state index contributed by atoms with van der Waals surface area (Å²) in [6.07, 6.45) is 0. The Morgan fingerprint density at radius 2 is 1.80 bits per heavy atom. The van der Waals surface area contributed by atoms with Gasteiger partial charge in [0.05, 0.1) is 12.6 Å². The second kappa shape index (κ2) is 5.61. The molecular weight excluding hydrogens is 248 g/mol. The van der Waals surface area contributed by atoms with Crippen LogP contribution in [0, 0.1) is 0 Å². The largest absolute Gasteiger partial charge is 0.497 e. The summed E-state index contributed by atoms with van der Waals surface area (Å²) >= 11 is 0. The van der Waals surface area contributed by atoms with Gasteiger partial charge in [0.15, 0.2) is 0 Å². The Hall–Kier alpha value is -2.55. The van der Waals surface area contributed by atoms with Crippen LogP contribution in [0.4, 0.5) is 5.82 Å². The molecule has 1 N–H and O–H groups in total. The summed E-state index contributed by atoms with van der Waals surface area (Å²) in [5.41, 5.74) is 2.17. The summed E-state index contributed by atoms with van der Waals surface area (Å²) in [6, 6.07) is 20.3. The molecule has 0 saturated carbocycles. The highest BCUT2D eigenvalue weighted by atomic mass is 16.5. The molecule has 0 saturated heterocycles. The van der Waals surface area contributed by atoms with E-state index in [2.05, 4.69) is 28.5 Å². The van der Waals surface area contributed by atoms with Crippen molar-refractivity contribution in [2.45, 2.75) is 6.54 Å². The summed E-state index contributed by atoms with van der Waals surface area (Å²) in [6.45, 7) is 0.767. The maximum atomic E-state index is 5.23. The lowest BCUT2D eigenvalue weighted by Crippen LogP contribution is -2.01. The van der Waals surface area contributed by atoms with Crippen LogP contribution in [0.15, 0.2) is 60.7 Å². The van der Waals surface area contributed by atoms with E-state index >= 15 is 0 Å². The number of fused-ring (bicyclic) bond motifs is 1. The fourth-order valence-electron chi connectivity index (χ4n) is 2.11. The molecule has 3 heteroatoms. The molecule has 3 nitrogen and oxygen atoms in total. The van der Waals surface area contributed by atoms with Gasteiger partial charge in [-0.25, -0.2) is 4.98 Å². The van der Waals surface area contributed by atoms with E-state index in [1.807, 2.05) is 42.5 Å². The third-order valence-corrected chi connectivity index (χ3v) is 3.22. The van der Waals surface area contributed by atoms with Crippen molar-refractivity contribution in [1.82, 2.24) is 4.98 Å². The summed E-state index contributed by atoms with van der Waals surface area (Å²) < 4.78 is 5.23. The Bertz CT molecular complexity index is 711. The Labute approximate surface area is 118 Å². The number of anilines is 1. The quantitative estimate of drug-likeness (QED) is 0.777. The van der Waals surface area contributed by atoms with E-state index in [-0.39, 0.29) is 0 Å². The highest BCUT2D eigenvalue weighted by Crippen LogP contribution is 2.21. The van der Waals surface area contributed by atoms with E-state index in [0.29, 0.717) is 0 Å². The molecule has 3 aromatic rings. The highest BCUT2D eigenvalue weighted by molar-refractivity contribution is 5.81. The number of hydrogen-bond donors (Lipinski definition) is 1. The van der Waals surface area contributed by atoms with Crippen LogP contribution in [-0.2, 0) is 6.54 Å². The van der Waals surface area contributed by atoms with Gasteiger partial charge in [-0.05, 0) is 29.8 Å². The number of aromatic nitrogens is 1. The Balaban J connectivity index is 1.81. The Morgan fingerprint density at radius 1 is 1.00 bits per heavy atom. The van der Waals surface area contributed by atoms with Crippen molar-refractivity contribution in [1.29, 1.82) is 0 Å². The van der Waals surface area contributed by atoms with Crippen LogP contribution in [0.2, 0.25) is 0 Å². The molecular formula is C17H16N2O. The molecule has 2 aromatic carbocycles. The Kier molecular flexibility index (Phi) is 3.50. The van der Waals surface area contributed by atoms with Gasteiger partial charge < -0.3 is 10.1 Å². The van der Waals surface area contributed by atoms with Crippen molar-refractivity contribution >= 4 is 16.7 Å². The minimum absolute atomic E-state index is 0.767. The van der Waals surface area contributed by atoms with Gasteiger partial charge in [0, 0.05) is 18.0 Å². The lowest BCUT2D eigenvalue weighted by atomic mass is 10.2. The average molecular weight is 264 g/mol. The number of benzene rings is 2. The van der Waals surface area contributed by atoms with Crippen LogP contribution >= 0.6 is 0 Å². The Morgan fingerprint density at radius 3 is 2.60 bits per heavy atom. The first-order chi connectivity index (χ1) is 9.85. The molecule has 100 valence electrons. The zero-order chi connectivity index (χ0) is 13.8. The van der Waals surface area contributed by atoms with E-state index in [0.717, 1.165) is 29.0 Å². The zero-order valence-corrected chi connectivity index (χ0v) is 11.3. The van der Waals surface area contributed by atoms with Crippen molar-refractivity contribution in [3.05, 3.63) is 66.2 Å². The normalized spacial score (nSPS) is 10.4. The van der Waals surface area contributed by atoms with E-state index in [1.54, 1.807) is 7.11 Å². The molecule has 0 unspecified atom stereocenters. The third-order valence-electron chi connectivity index (χ3n) is 3.22. The van der Waals surface area contributed by atoms with Crippen LogP contribution < -0.4 is 10.1 Å². The van der Waals surface area contributed by atoms with Gasteiger partial charge in [-0.2, -0.15) is 0 Å². The molecule has 20 heavy (non-hydrogen) atoms. The van der Waals surface area contributed by atoms with Crippen molar-refractivity contribution in [3.8, 4) is 5.75 Å². The first-order valence-electron chi connectivity index (χ1n) is 6.58. The van der Waals surface area contributed by atoms with Gasteiger partial charge >= 0.3 is 0 Å². The van der Waals surface area contributed by atoms with E-state index in [9.17, 15) is 0 Å². The molecule has 0 aliphatic rings. The summed E-state index contributed by atoms with van der Waals surface area (Å²) in [7, 11) is 1.67. The number of hydrogen-bond acceptors (Lipinski definition) is 3. The second-order valence-electron chi connectivity index (χ2n) is 4.59. The molecule has 0 bridgehead atoms. The SMILES string of the molecule is COc1ccc2ccc(NCc3ccccc3)nc2c1. The number of rotatable bonds is 4. The number of pyridine rings is 1. The monoisotopic (exact) mass is 264 g/mol. The fraction of sp³-hybridized carbons (Fsp3) is 0.118. The maximum Gasteiger partial charge on any atom is 0.126 e. The first-order valence-corrected chi connectivity index (χ1v) is 6.58. The van der Waals surface area contributed by atoms with E-state index < -0.39 is 0 Å². The third kappa shape index (κ3) is 2.72. The zero-order valence-electron chi connectivity index (χ0n) is 11.3. The predicted molar refractivity (Wildman–Crippen MR) is 82.1 cm³/mol. The van der Waals surface area contributed by atoms with Crippen molar-refractivity contribution in [3.63, 3.8) is 0 Å². The molecule has 0 aliphatic heterocycles. The maximum absolute atomic E-state index is 5.23. The van der Waals surface area contributed by atoms with Crippen molar-refractivity contribution in [2.75, 3.05) is 12.4 Å². The van der Waals surface area contributed by atoms with Crippen LogP contribution in [0.25, 0.3) is 10.9 Å². The van der Waals surface area contributed by atoms with Crippen molar-refractivity contribution in [2.24, 2.45) is 0 Å². The van der Waals surface area contributed by atoms with Crippen molar-refractivity contribution < 1.29 is 4.74 Å². The summed E-state index contributed by atoms with van der Waals surface area (Å²) in [4.78, 5) is 4.61. The minimum Gasteiger partial charge on any atom is -0.497 e. The molecule has 0 amide bonds. The van der Waals surface area contributed by atoms with Crippen LogP contribution in [0.3, 0.4) is 0 Å². The number of ether oxygens (including phenoxy) is 1. The second-order valence-corrected chi connectivity index (χ2v) is 4.59. The standard InChI is InChI=1S/C17H16N2O/c1-20-15-9-7-14-8-10-17(19-16(14)11-15)18-12-13-5-3-2-4-6-13/h2-11H,12H2,1H3,(H,18,19). The highest BCUT2D eigenvalue weighted by Gasteiger charge is 2.00. The molecule has 0 radical (unpaired) electrons. The first kappa shape index (κ1) is 12.5. The van der Waals surface area contributed by atoms with Gasteiger partial charge in [-0.3, -0.25) is 0 Å². The molecule has 0 fully saturated rings. The summed E-state index contributed by atoms with van der Waals surface area (Å²) in [5, 5.41) is 4.45. The van der Waals surface area contributed by atoms with E-state index in [4.69, 9.17) is 4.74 Å². The van der Waals surface area contributed by atoms with Gasteiger partial charge in [0.2, 0.25) is 0 Å². The minimum atomic E-state index is 0.767. The van der Waals surface area contributed by atoms with Crippen LogP contribution in [0.5, 0.6) is 5.75 Å².